The van der Waals surface area contributed by atoms with E-state index in [1.807, 2.05) is 67.9 Å². The standard InChI is InChI=1S/C30H23O5.Os/c1-3-19-11-14-23-24-16-27(33-2)28(17-26(24)35-30(32)25(23)15-19)34-18-20-9-12-22(13-10-20)29(31)21-7-5-4-6-8-21;/h3-17H,18H2,1-2H3;/q-1;+1. The summed E-state index contributed by atoms with van der Waals surface area (Å²) < 4.78 is 17.2. The SMILES string of the molecule is C[CH-]c1ccc2c(c1)c(=O)oc1cc(OCc3ccc(C(=O)c4ccccc4)cc3)c(OC)cc12.[Os+]. The molecule has 1 radical (unpaired) electrons. The Morgan fingerprint density at radius 2 is 1.56 bits per heavy atom. The van der Waals surface area contributed by atoms with E-state index in [2.05, 4.69) is 0 Å². The molecule has 0 aliphatic rings. The van der Waals surface area contributed by atoms with Crippen LogP contribution in [0.1, 0.15) is 34.0 Å². The second-order valence-corrected chi connectivity index (χ2v) is 8.16. The van der Waals surface area contributed by atoms with Gasteiger partial charge in [0.1, 0.15) is 12.2 Å². The molecule has 0 amide bonds. The number of hydrogen-bond donors (Lipinski definition) is 0. The number of benzene rings is 4. The summed E-state index contributed by atoms with van der Waals surface area (Å²) in [6.45, 7) is 2.18. The molecule has 1 aromatic heterocycles. The summed E-state index contributed by atoms with van der Waals surface area (Å²) in [6.07, 6.45) is 1.94. The fourth-order valence-corrected chi connectivity index (χ4v) is 4.08. The van der Waals surface area contributed by atoms with Gasteiger partial charge in [0.2, 0.25) is 0 Å². The van der Waals surface area contributed by atoms with Gasteiger partial charge in [-0.05, 0) is 17.0 Å². The molecule has 0 atom stereocenters. The minimum Gasteiger partial charge on any atom is -0.493 e. The van der Waals surface area contributed by atoms with E-state index >= 15 is 0 Å². The predicted molar refractivity (Wildman–Crippen MR) is 136 cm³/mol. The molecule has 5 aromatic rings. The van der Waals surface area contributed by atoms with Crippen molar-refractivity contribution >= 4 is 27.5 Å². The van der Waals surface area contributed by atoms with Crippen molar-refractivity contribution in [1.82, 2.24) is 0 Å². The topological polar surface area (TPSA) is 65.7 Å². The van der Waals surface area contributed by atoms with Crippen LogP contribution in [-0.4, -0.2) is 12.9 Å². The van der Waals surface area contributed by atoms with Gasteiger partial charge in [-0.1, -0.05) is 61.5 Å². The van der Waals surface area contributed by atoms with E-state index in [1.54, 1.807) is 37.4 Å². The molecular formula is C30H23O5Os. The van der Waals surface area contributed by atoms with Crippen LogP contribution in [0, 0.1) is 6.42 Å². The van der Waals surface area contributed by atoms with Crippen LogP contribution in [0.15, 0.2) is 94.1 Å². The molecular weight excluding hydrogens is 631 g/mol. The minimum absolute atomic E-state index is 0. The molecule has 36 heavy (non-hydrogen) atoms. The normalized spacial score (nSPS) is 10.6. The number of rotatable bonds is 7. The fourth-order valence-electron chi connectivity index (χ4n) is 4.08. The van der Waals surface area contributed by atoms with Crippen molar-refractivity contribution in [2.24, 2.45) is 0 Å². The Morgan fingerprint density at radius 3 is 2.25 bits per heavy atom. The van der Waals surface area contributed by atoms with Crippen molar-refractivity contribution in [3.05, 3.63) is 124 Å². The van der Waals surface area contributed by atoms with Crippen LogP contribution in [0.25, 0.3) is 21.7 Å². The predicted octanol–water partition coefficient (Wildman–Crippen LogP) is 6.33. The molecule has 0 aliphatic carbocycles. The third kappa shape index (κ3) is 4.91. The molecule has 5 nitrogen and oxygen atoms in total. The molecule has 0 N–H and O–H groups in total. The van der Waals surface area contributed by atoms with Crippen molar-refractivity contribution < 1.29 is 38.5 Å². The monoisotopic (exact) mass is 655 g/mol. The quantitative estimate of drug-likeness (QED) is 0.0889. The maximum Gasteiger partial charge on any atom is 1.00 e. The number of carbonyl (C=O) groups is 1. The fraction of sp³-hybridized carbons (Fsp3) is 0.100. The summed E-state index contributed by atoms with van der Waals surface area (Å²) in [7, 11) is 1.57. The van der Waals surface area contributed by atoms with E-state index in [9.17, 15) is 9.59 Å². The molecule has 0 bridgehead atoms. The van der Waals surface area contributed by atoms with E-state index in [1.165, 1.54) is 0 Å². The van der Waals surface area contributed by atoms with Gasteiger partial charge in [-0.2, -0.15) is 18.1 Å². The van der Waals surface area contributed by atoms with E-state index in [0.29, 0.717) is 33.6 Å². The Balaban J connectivity index is 0.00000304. The van der Waals surface area contributed by atoms with Gasteiger partial charge in [0.15, 0.2) is 17.3 Å². The van der Waals surface area contributed by atoms with E-state index in [4.69, 9.17) is 13.9 Å². The first-order chi connectivity index (χ1) is 17.1. The zero-order chi connectivity index (χ0) is 24.4. The summed E-state index contributed by atoms with van der Waals surface area (Å²) in [6, 6.07) is 25.7. The molecule has 1 heterocycles. The van der Waals surface area contributed by atoms with Gasteiger partial charge in [0.05, 0.1) is 7.11 Å². The third-order valence-electron chi connectivity index (χ3n) is 6.00. The molecule has 6 heteroatoms. The molecule has 0 aliphatic heterocycles. The van der Waals surface area contributed by atoms with Gasteiger partial charge in [-0.25, -0.2) is 4.79 Å². The van der Waals surface area contributed by atoms with Crippen molar-refractivity contribution in [2.75, 3.05) is 7.11 Å². The van der Waals surface area contributed by atoms with Crippen LogP contribution in [0.3, 0.4) is 0 Å². The smallest absolute Gasteiger partial charge is 0.493 e. The van der Waals surface area contributed by atoms with Gasteiger partial charge < -0.3 is 13.9 Å². The van der Waals surface area contributed by atoms with Crippen molar-refractivity contribution in [3.8, 4) is 11.5 Å². The van der Waals surface area contributed by atoms with E-state index in [0.717, 1.165) is 21.9 Å². The van der Waals surface area contributed by atoms with E-state index in [-0.39, 0.29) is 32.2 Å². The molecule has 0 fully saturated rings. The molecule has 4 aromatic carbocycles. The molecule has 5 rings (SSSR count). The Labute approximate surface area is 221 Å². The van der Waals surface area contributed by atoms with Crippen molar-refractivity contribution in [1.29, 1.82) is 0 Å². The number of fused-ring (bicyclic) bond motifs is 3. The molecule has 0 saturated heterocycles. The number of carbonyl (C=O) groups excluding carboxylic acids is 1. The van der Waals surface area contributed by atoms with Gasteiger partial charge in [0, 0.05) is 28.0 Å². The first-order valence-corrected chi connectivity index (χ1v) is 11.3. The number of methoxy groups -OCH3 is 1. The summed E-state index contributed by atoms with van der Waals surface area (Å²) in [4.78, 5) is 25.2. The Kier molecular flexibility index (Phi) is 7.57. The summed E-state index contributed by atoms with van der Waals surface area (Å²) >= 11 is 0. The van der Waals surface area contributed by atoms with E-state index < -0.39 is 5.63 Å². The van der Waals surface area contributed by atoms with Gasteiger partial charge in [0.25, 0.3) is 0 Å². The van der Waals surface area contributed by atoms with Gasteiger partial charge >= 0.3 is 25.4 Å². The largest absolute Gasteiger partial charge is 1.00 e. The maximum atomic E-state index is 12.6. The number of hydrogen-bond acceptors (Lipinski definition) is 5. The average molecular weight is 654 g/mol. The van der Waals surface area contributed by atoms with Crippen LogP contribution in [0.5, 0.6) is 11.5 Å². The van der Waals surface area contributed by atoms with Gasteiger partial charge in [-0.3, -0.25) is 4.79 Å². The maximum absolute atomic E-state index is 12.6. The number of ether oxygens (including phenoxy) is 2. The van der Waals surface area contributed by atoms with Crippen LogP contribution in [0.4, 0.5) is 0 Å². The number of ketones is 1. The summed E-state index contributed by atoms with van der Waals surface area (Å²) in [5.74, 6) is 0.973. The van der Waals surface area contributed by atoms with Crippen molar-refractivity contribution in [3.63, 3.8) is 0 Å². The Morgan fingerprint density at radius 1 is 0.833 bits per heavy atom. The first-order valence-electron chi connectivity index (χ1n) is 11.3. The average Bonchev–Trinajstić information content (AvgIpc) is 2.91. The van der Waals surface area contributed by atoms with Crippen molar-refractivity contribution in [2.45, 2.75) is 13.5 Å². The van der Waals surface area contributed by atoms with Crippen LogP contribution < -0.4 is 15.1 Å². The molecule has 0 saturated carbocycles. The summed E-state index contributed by atoms with van der Waals surface area (Å²) in [5.41, 5.74) is 3.13. The zero-order valence-electron chi connectivity index (χ0n) is 19.8. The Hall–Kier alpha value is -3.87. The van der Waals surface area contributed by atoms with Crippen LogP contribution in [-0.2, 0) is 26.4 Å². The molecule has 181 valence electrons. The molecule has 0 unspecified atom stereocenters. The molecule has 0 spiro atoms. The minimum atomic E-state index is -0.397. The summed E-state index contributed by atoms with van der Waals surface area (Å²) in [5, 5.41) is 2.09. The second-order valence-electron chi connectivity index (χ2n) is 8.16. The van der Waals surface area contributed by atoms with Crippen LogP contribution >= 0.6 is 0 Å². The third-order valence-corrected chi connectivity index (χ3v) is 6.00. The second kappa shape index (κ2) is 10.8. The Bertz CT molecular complexity index is 1590. The zero-order valence-corrected chi connectivity index (χ0v) is 22.3. The van der Waals surface area contributed by atoms with Crippen LogP contribution in [0.2, 0.25) is 0 Å². The first kappa shape index (κ1) is 25.2. The van der Waals surface area contributed by atoms with Gasteiger partial charge in [-0.15, -0.1) is 12.1 Å².